The van der Waals surface area contributed by atoms with Crippen molar-refractivity contribution in [2.24, 2.45) is 5.14 Å². The van der Waals surface area contributed by atoms with Gasteiger partial charge >= 0.3 is 0 Å². The van der Waals surface area contributed by atoms with Crippen LogP contribution in [0.5, 0.6) is 0 Å². The molecule has 24 heavy (non-hydrogen) atoms. The number of nitrogens with one attached hydrogen (secondary N) is 1. The highest BCUT2D eigenvalue weighted by molar-refractivity contribution is 7.90. The molecule has 0 saturated carbocycles. The fourth-order valence-corrected chi connectivity index (χ4v) is 3.09. The molecule has 0 aliphatic carbocycles. The van der Waals surface area contributed by atoms with Crippen LogP contribution in [0.3, 0.4) is 0 Å². The Morgan fingerprint density at radius 1 is 1.12 bits per heavy atom. The highest BCUT2D eigenvalue weighted by Gasteiger charge is 2.10. The molecule has 1 rings (SSSR count). The molecule has 0 fully saturated rings. The number of benzene rings is 1. The summed E-state index contributed by atoms with van der Waals surface area (Å²) in [5.74, 6) is 0. The molecule has 1 aromatic rings. The molecule has 0 aliphatic rings. The topological polar surface area (TPSA) is 95.7 Å². The van der Waals surface area contributed by atoms with E-state index >= 15 is 0 Å². The number of unbranched alkanes of at least 4 members (excludes halogenated alkanes) is 2. The van der Waals surface area contributed by atoms with Crippen LogP contribution in [0.4, 0.5) is 5.69 Å². The van der Waals surface area contributed by atoms with Gasteiger partial charge in [0.1, 0.15) is 0 Å². The Balaban J connectivity index is 2.40. The summed E-state index contributed by atoms with van der Waals surface area (Å²) in [6.45, 7) is 7.51. The molecule has 1 atom stereocenters. The zero-order valence-corrected chi connectivity index (χ0v) is 15.6. The highest BCUT2D eigenvalue weighted by Crippen LogP contribution is 2.21. The number of hydrogen-bond donors (Lipinski definition) is 3. The van der Waals surface area contributed by atoms with Crippen molar-refractivity contribution in [3.8, 4) is 0 Å². The van der Waals surface area contributed by atoms with Gasteiger partial charge in [0, 0.05) is 5.69 Å². The number of aliphatic hydroxyl groups excluding tert-OH is 1. The van der Waals surface area contributed by atoms with Gasteiger partial charge in [-0.2, -0.15) is 8.42 Å². The fourth-order valence-electron chi connectivity index (χ4n) is 2.63. The van der Waals surface area contributed by atoms with E-state index in [-0.39, 0.29) is 0 Å². The van der Waals surface area contributed by atoms with Crippen molar-refractivity contribution in [3.05, 3.63) is 29.8 Å². The van der Waals surface area contributed by atoms with Gasteiger partial charge in [0.05, 0.1) is 6.10 Å². The standard InChI is InChI=1S/C17H31N3O3S/c1-3-5-6-13-20(4-2)14-7-8-17(21)15-9-11-16(12-10-15)19-24(18,22)23/h9-12,17,19,21H,3-8,13-14H2,1-2H3,(H2,18,22,23). The molecule has 0 spiro atoms. The third-order valence-corrected chi connectivity index (χ3v) is 4.55. The lowest BCUT2D eigenvalue weighted by molar-refractivity contribution is 0.155. The number of hydrogen-bond acceptors (Lipinski definition) is 4. The first-order valence-electron chi connectivity index (χ1n) is 8.66. The molecular weight excluding hydrogens is 326 g/mol. The van der Waals surface area contributed by atoms with E-state index < -0.39 is 16.3 Å². The van der Waals surface area contributed by atoms with Crippen LogP contribution in [0.1, 0.15) is 57.6 Å². The summed E-state index contributed by atoms with van der Waals surface area (Å²) >= 11 is 0. The third-order valence-electron chi connectivity index (χ3n) is 4.03. The van der Waals surface area contributed by atoms with Crippen LogP contribution >= 0.6 is 0 Å². The molecule has 0 amide bonds. The monoisotopic (exact) mass is 357 g/mol. The second-order valence-corrected chi connectivity index (χ2v) is 7.36. The molecule has 7 heteroatoms. The highest BCUT2D eigenvalue weighted by atomic mass is 32.2. The van der Waals surface area contributed by atoms with Crippen LogP contribution in [0.15, 0.2) is 24.3 Å². The van der Waals surface area contributed by atoms with Crippen molar-refractivity contribution >= 4 is 15.9 Å². The van der Waals surface area contributed by atoms with Crippen LogP contribution in [0.2, 0.25) is 0 Å². The number of anilines is 1. The molecule has 0 saturated heterocycles. The van der Waals surface area contributed by atoms with Crippen molar-refractivity contribution in [3.63, 3.8) is 0 Å². The fraction of sp³-hybridized carbons (Fsp3) is 0.647. The summed E-state index contributed by atoms with van der Waals surface area (Å²) in [7, 11) is -3.76. The largest absolute Gasteiger partial charge is 0.388 e. The predicted octanol–water partition coefficient (Wildman–Crippen LogP) is 2.63. The number of nitrogens with zero attached hydrogens (tertiary/aromatic N) is 1. The summed E-state index contributed by atoms with van der Waals surface area (Å²) in [6.07, 6.45) is 4.79. The lowest BCUT2D eigenvalue weighted by Gasteiger charge is -2.21. The average molecular weight is 358 g/mol. The quantitative estimate of drug-likeness (QED) is 0.501. The normalized spacial score (nSPS) is 13.2. The second-order valence-electron chi connectivity index (χ2n) is 6.07. The molecule has 138 valence electrons. The van der Waals surface area contributed by atoms with E-state index in [0.717, 1.165) is 31.6 Å². The van der Waals surface area contributed by atoms with E-state index in [1.54, 1.807) is 24.3 Å². The summed E-state index contributed by atoms with van der Waals surface area (Å²) in [4.78, 5) is 2.42. The first-order chi connectivity index (χ1) is 11.4. The summed E-state index contributed by atoms with van der Waals surface area (Å²) in [5.41, 5.74) is 1.17. The molecule has 0 bridgehead atoms. The van der Waals surface area contributed by atoms with Gasteiger partial charge in [-0.1, -0.05) is 38.8 Å². The van der Waals surface area contributed by atoms with Crippen molar-refractivity contribution < 1.29 is 13.5 Å². The van der Waals surface area contributed by atoms with Gasteiger partial charge in [-0.25, -0.2) is 5.14 Å². The molecule has 6 nitrogen and oxygen atoms in total. The van der Waals surface area contributed by atoms with Crippen LogP contribution in [-0.4, -0.2) is 38.1 Å². The summed E-state index contributed by atoms with van der Waals surface area (Å²) < 4.78 is 24.1. The molecule has 1 aromatic carbocycles. The minimum absolute atomic E-state index is 0.390. The zero-order valence-electron chi connectivity index (χ0n) is 14.7. The van der Waals surface area contributed by atoms with Crippen LogP contribution in [0.25, 0.3) is 0 Å². The van der Waals surface area contributed by atoms with Gasteiger partial charge in [-0.3, -0.25) is 4.72 Å². The smallest absolute Gasteiger partial charge is 0.296 e. The SMILES string of the molecule is CCCCCN(CC)CCCC(O)c1ccc(NS(N)(=O)=O)cc1. The van der Waals surface area contributed by atoms with E-state index in [1.165, 1.54) is 19.3 Å². The third kappa shape index (κ3) is 8.63. The Morgan fingerprint density at radius 2 is 1.75 bits per heavy atom. The Morgan fingerprint density at radius 3 is 2.29 bits per heavy atom. The lowest BCUT2D eigenvalue weighted by Crippen LogP contribution is -2.26. The van der Waals surface area contributed by atoms with Crippen LogP contribution < -0.4 is 9.86 Å². The van der Waals surface area contributed by atoms with Crippen molar-refractivity contribution in [1.82, 2.24) is 4.90 Å². The predicted molar refractivity (Wildman–Crippen MR) is 99.0 cm³/mol. The molecule has 0 heterocycles. The molecular formula is C17H31N3O3S. The second kappa shape index (κ2) is 10.7. The Bertz CT molecular complexity index is 561. The molecule has 1 unspecified atom stereocenters. The van der Waals surface area contributed by atoms with E-state index in [1.807, 2.05) is 0 Å². The van der Waals surface area contributed by atoms with E-state index in [2.05, 4.69) is 23.5 Å². The van der Waals surface area contributed by atoms with Gasteiger partial charge in [-0.05, 0) is 56.6 Å². The maximum atomic E-state index is 11.0. The molecule has 0 aromatic heterocycles. The zero-order chi connectivity index (χ0) is 18.0. The van der Waals surface area contributed by atoms with Crippen molar-refractivity contribution in [1.29, 1.82) is 0 Å². The van der Waals surface area contributed by atoms with Gasteiger partial charge in [0.2, 0.25) is 0 Å². The summed E-state index contributed by atoms with van der Waals surface area (Å²) in [5, 5.41) is 15.2. The Hall–Kier alpha value is -1.15. The Kier molecular flexibility index (Phi) is 9.28. The van der Waals surface area contributed by atoms with Gasteiger partial charge in [-0.15, -0.1) is 0 Å². The van der Waals surface area contributed by atoms with Crippen LogP contribution in [-0.2, 0) is 10.2 Å². The van der Waals surface area contributed by atoms with Gasteiger partial charge in [0.15, 0.2) is 0 Å². The Labute approximate surface area is 146 Å². The maximum absolute atomic E-state index is 11.0. The molecule has 0 aliphatic heterocycles. The first-order valence-corrected chi connectivity index (χ1v) is 10.2. The minimum Gasteiger partial charge on any atom is -0.388 e. The van der Waals surface area contributed by atoms with Crippen molar-refractivity contribution in [2.75, 3.05) is 24.4 Å². The number of aliphatic hydroxyl groups is 1. The summed E-state index contributed by atoms with van der Waals surface area (Å²) in [6, 6.07) is 6.64. The van der Waals surface area contributed by atoms with E-state index in [0.29, 0.717) is 12.1 Å². The first kappa shape index (κ1) is 20.9. The average Bonchev–Trinajstić information content (AvgIpc) is 2.52. The van der Waals surface area contributed by atoms with E-state index in [4.69, 9.17) is 5.14 Å². The lowest BCUT2D eigenvalue weighted by atomic mass is 10.0. The van der Waals surface area contributed by atoms with Gasteiger partial charge < -0.3 is 10.0 Å². The minimum atomic E-state index is -3.76. The van der Waals surface area contributed by atoms with Crippen molar-refractivity contribution in [2.45, 2.75) is 52.1 Å². The van der Waals surface area contributed by atoms with Gasteiger partial charge in [0.25, 0.3) is 10.2 Å². The number of rotatable bonds is 12. The molecule has 0 radical (unpaired) electrons. The maximum Gasteiger partial charge on any atom is 0.296 e. The van der Waals surface area contributed by atoms with E-state index in [9.17, 15) is 13.5 Å². The molecule has 4 N–H and O–H groups in total. The van der Waals surface area contributed by atoms with Crippen LogP contribution in [0, 0.1) is 0 Å². The number of nitrogens with two attached hydrogens (primary N) is 1.